The maximum atomic E-state index is 13.9. The summed E-state index contributed by atoms with van der Waals surface area (Å²) >= 11 is 0. The van der Waals surface area contributed by atoms with Gasteiger partial charge in [-0.15, -0.1) is 0 Å². The van der Waals surface area contributed by atoms with Crippen LogP contribution in [0.15, 0.2) is 85.6 Å². The molecule has 5 aromatic rings. The molecule has 38 heavy (non-hydrogen) atoms. The molecule has 4 aromatic heterocycles. The van der Waals surface area contributed by atoms with E-state index in [4.69, 9.17) is 5.73 Å². The lowest BCUT2D eigenvalue weighted by Crippen LogP contribution is -2.42. The van der Waals surface area contributed by atoms with Crippen molar-refractivity contribution in [2.24, 2.45) is 5.73 Å². The van der Waals surface area contributed by atoms with Crippen LogP contribution >= 0.6 is 0 Å². The van der Waals surface area contributed by atoms with Gasteiger partial charge in [0, 0.05) is 41.6 Å². The van der Waals surface area contributed by atoms with Crippen LogP contribution in [0.2, 0.25) is 0 Å². The summed E-state index contributed by atoms with van der Waals surface area (Å²) in [5, 5.41) is 20.4. The lowest BCUT2D eigenvalue weighted by Gasteiger charge is -2.28. The van der Waals surface area contributed by atoms with Crippen LogP contribution in [0.3, 0.4) is 0 Å². The summed E-state index contributed by atoms with van der Waals surface area (Å²) in [7, 11) is 0. The average molecular weight is 506 g/mol. The number of rotatable bonds is 7. The molecule has 0 radical (unpaired) electrons. The van der Waals surface area contributed by atoms with Gasteiger partial charge in [-0.1, -0.05) is 12.1 Å². The van der Waals surface area contributed by atoms with Crippen LogP contribution in [0.4, 0.5) is 16.3 Å². The Bertz CT molecular complexity index is 1630. The van der Waals surface area contributed by atoms with E-state index in [2.05, 4.69) is 26.6 Å². The number of carbonyl (C=O) groups is 2. The van der Waals surface area contributed by atoms with E-state index in [1.165, 1.54) is 6.20 Å². The number of nitrogens with zero attached hydrogens (tertiary/aromatic N) is 7. The van der Waals surface area contributed by atoms with Crippen LogP contribution in [0, 0.1) is 11.3 Å². The Balaban J connectivity index is 1.51. The fraction of sp³-hybridized carbons (Fsp3) is 0.111. The molecule has 0 aliphatic carbocycles. The molecule has 188 valence electrons. The Morgan fingerprint density at radius 1 is 1.11 bits per heavy atom. The third-order valence-corrected chi connectivity index (χ3v) is 6.03. The van der Waals surface area contributed by atoms with Crippen LogP contribution < -0.4 is 16.0 Å². The molecule has 4 heterocycles. The maximum absolute atomic E-state index is 13.9. The number of hydrogen-bond acceptors (Lipinski definition) is 6. The molecule has 3 amide bonds. The van der Waals surface area contributed by atoms with Crippen molar-refractivity contribution in [1.82, 2.24) is 24.4 Å². The first kappa shape index (κ1) is 24.2. The first-order valence-corrected chi connectivity index (χ1v) is 11.7. The summed E-state index contributed by atoms with van der Waals surface area (Å²) in [5.74, 6) is 0.178. The predicted octanol–water partition coefficient (Wildman–Crippen LogP) is 3.69. The van der Waals surface area contributed by atoms with E-state index in [1.807, 2.05) is 31.3 Å². The fourth-order valence-electron chi connectivity index (χ4n) is 4.24. The molecular weight excluding hydrogens is 482 g/mol. The summed E-state index contributed by atoms with van der Waals surface area (Å²) in [5.41, 5.74) is 9.03. The molecule has 5 rings (SSSR count). The number of fused-ring (bicyclic) bond motifs is 1. The zero-order chi connectivity index (χ0) is 26.6. The Hall–Kier alpha value is -5.50. The Morgan fingerprint density at radius 3 is 2.58 bits per heavy atom. The highest BCUT2D eigenvalue weighted by Gasteiger charge is 2.26. The van der Waals surface area contributed by atoms with Crippen molar-refractivity contribution in [3.63, 3.8) is 0 Å². The number of amides is 3. The molecule has 3 N–H and O–H groups in total. The standard InChI is InChI=1S/C27H23N9O2/c1-18(17-34-11-2-10-31-34)36(25-8-3-19(14-28)15-30-25)26(37)21-9-12-35-24(13-21)23(16-32-35)20-4-6-22(7-5-20)33-27(29)38/h2-13,15-16,18H,17H2,1H3,(H3,29,33,38). The highest BCUT2D eigenvalue weighted by atomic mass is 16.2. The number of hydrogen-bond donors (Lipinski definition) is 2. The van der Waals surface area contributed by atoms with E-state index in [-0.39, 0.29) is 11.9 Å². The second-order valence-electron chi connectivity index (χ2n) is 8.64. The summed E-state index contributed by atoms with van der Waals surface area (Å²) < 4.78 is 3.45. The number of anilines is 2. The van der Waals surface area contributed by atoms with E-state index in [1.54, 1.807) is 69.1 Å². The Kier molecular flexibility index (Phi) is 6.52. The number of primary amides is 1. The number of benzene rings is 1. The Labute approximate surface area is 217 Å². The highest BCUT2D eigenvalue weighted by Crippen LogP contribution is 2.28. The molecule has 11 nitrogen and oxygen atoms in total. The highest BCUT2D eigenvalue weighted by molar-refractivity contribution is 6.07. The number of aromatic nitrogens is 5. The smallest absolute Gasteiger partial charge is 0.316 e. The zero-order valence-electron chi connectivity index (χ0n) is 20.4. The molecule has 0 bridgehead atoms. The third-order valence-electron chi connectivity index (χ3n) is 6.03. The minimum atomic E-state index is -0.639. The summed E-state index contributed by atoms with van der Waals surface area (Å²) in [6, 6.07) is 16.9. The number of carbonyl (C=O) groups excluding carboxylic acids is 2. The van der Waals surface area contributed by atoms with Crippen molar-refractivity contribution >= 4 is 29.0 Å². The minimum Gasteiger partial charge on any atom is -0.351 e. The molecule has 11 heteroatoms. The second-order valence-corrected chi connectivity index (χ2v) is 8.64. The fourth-order valence-corrected chi connectivity index (χ4v) is 4.24. The summed E-state index contributed by atoms with van der Waals surface area (Å²) in [4.78, 5) is 31.1. The molecule has 1 atom stereocenters. The third kappa shape index (κ3) is 4.91. The zero-order valence-corrected chi connectivity index (χ0v) is 20.4. The maximum Gasteiger partial charge on any atom is 0.316 e. The van der Waals surface area contributed by atoms with E-state index in [0.717, 1.165) is 16.6 Å². The molecule has 1 unspecified atom stereocenters. The molecule has 0 aliphatic rings. The normalized spacial score (nSPS) is 11.6. The van der Waals surface area contributed by atoms with Gasteiger partial charge in [-0.2, -0.15) is 15.5 Å². The van der Waals surface area contributed by atoms with Crippen LogP contribution in [-0.2, 0) is 6.54 Å². The molecule has 0 spiro atoms. The van der Waals surface area contributed by atoms with Gasteiger partial charge < -0.3 is 11.1 Å². The monoisotopic (exact) mass is 505 g/mol. The van der Waals surface area contributed by atoms with Crippen molar-refractivity contribution < 1.29 is 9.59 Å². The largest absolute Gasteiger partial charge is 0.351 e. The van der Waals surface area contributed by atoms with E-state index < -0.39 is 6.03 Å². The van der Waals surface area contributed by atoms with Gasteiger partial charge in [-0.05, 0) is 55.0 Å². The lowest BCUT2D eigenvalue weighted by atomic mass is 10.1. The quantitative estimate of drug-likeness (QED) is 0.345. The molecule has 0 saturated carbocycles. The van der Waals surface area contributed by atoms with E-state index in [0.29, 0.717) is 29.2 Å². The van der Waals surface area contributed by atoms with Crippen LogP contribution in [0.5, 0.6) is 0 Å². The second kappa shape index (κ2) is 10.2. The number of nitrogens with two attached hydrogens (primary N) is 1. The van der Waals surface area contributed by atoms with Crippen LogP contribution in [0.1, 0.15) is 22.8 Å². The van der Waals surface area contributed by atoms with Crippen molar-refractivity contribution in [2.75, 3.05) is 10.2 Å². The number of nitrogens with one attached hydrogen (secondary N) is 1. The van der Waals surface area contributed by atoms with Crippen molar-refractivity contribution in [1.29, 1.82) is 5.26 Å². The van der Waals surface area contributed by atoms with E-state index in [9.17, 15) is 14.9 Å². The van der Waals surface area contributed by atoms with Gasteiger partial charge in [0.15, 0.2) is 0 Å². The minimum absolute atomic E-state index is 0.252. The average Bonchev–Trinajstić information content (AvgIpc) is 3.59. The number of nitriles is 1. The first-order chi connectivity index (χ1) is 18.4. The summed E-state index contributed by atoms with van der Waals surface area (Å²) in [6.07, 6.45) is 8.42. The van der Waals surface area contributed by atoms with Crippen molar-refractivity contribution in [3.8, 4) is 17.2 Å². The lowest BCUT2D eigenvalue weighted by molar-refractivity contribution is 0.0975. The van der Waals surface area contributed by atoms with Crippen molar-refractivity contribution in [2.45, 2.75) is 19.5 Å². The van der Waals surface area contributed by atoms with Gasteiger partial charge in [-0.25, -0.2) is 14.3 Å². The van der Waals surface area contributed by atoms with Gasteiger partial charge in [0.1, 0.15) is 11.9 Å². The molecule has 0 fully saturated rings. The number of urea groups is 1. The predicted molar refractivity (Wildman–Crippen MR) is 141 cm³/mol. The topological polar surface area (TPSA) is 147 Å². The van der Waals surface area contributed by atoms with Gasteiger partial charge in [0.25, 0.3) is 5.91 Å². The number of pyridine rings is 2. The van der Waals surface area contributed by atoms with Crippen molar-refractivity contribution in [3.05, 3.63) is 96.7 Å². The van der Waals surface area contributed by atoms with Gasteiger partial charge in [0.2, 0.25) is 0 Å². The summed E-state index contributed by atoms with van der Waals surface area (Å²) in [6.45, 7) is 2.37. The Morgan fingerprint density at radius 2 is 1.92 bits per heavy atom. The van der Waals surface area contributed by atoms with Gasteiger partial charge in [0.05, 0.1) is 29.9 Å². The van der Waals surface area contributed by atoms with Crippen LogP contribution in [0.25, 0.3) is 16.6 Å². The molecule has 0 saturated heterocycles. The van der Waals surface area contributed by atoms with Gasteiger partial charge in [-0.3, -0.25) is 14.4 Å². The first-order valence-electron chi connectivity index (χ1n) is 11.7. The van der Waals surface area contributed by atoms with E-state index >= 15 is 0 Å². The molecule has 0 aliphatic heterocycles. The molecular formula is C27H23N9O2. The molecule has 1 aromatic carbocycles. The van der Waals surface area contributed by atoms with Crippen LogP contribution in [-0.4, -0.2) is 42.4 Å². The SMILES string of the molecule is CC(Cn1cccn1)N(C(=O)c1ccn2ncc(-c3ccc(NC(N)=O)cc3)c2c1)c1ccc(C#N)cn1. The van der Waals surface area contributed by atoms with Gasteiger partial charge >= 0.3 is 6.03 Å².